The van der Waals surface area contributed by atoms with E-state index in [9.17, 15) is 18.0 Å². The maximum atomic E-state index is 12.8. The molecular formula is C13H11F3N2O2. The van der Waals surface area contributed by atoms with Gasteiger partial charge in [0, 0.05) is 13.2 Å². The lowest BCUT2D eigenvalue weighted by molar-refractivity contribution is -0.141. The summed E-state index contributed by atoms with van der Waals surface area (Å²) < 4.78 is 44.2. The van der Waals surface area contributed by atoms with E-state index >= 15 is 0 Å². The maximum absolute atomic E-state index is 12.8. The molecule has 7 heteroatoms. The van der Waals surface area contributed by atoms with Crippen LogP contribution in [-0.2, 0) is 13.2 Å². The number of carbonyl (C=O) groups excluding carboxylic acids is 1. The Morgan fingerprint density at radius 1 is 1.30 bits per heavy atom. The van der Waals surface area contributed by atoms with Crippen LogP contribution in [0.15, 0.2) is 30.5 Å². The van der Waals surface area contributed by atoms with Gasteiger partial charge in [0.05, 0.1) is 0 Å². The highest BCUT2D eigenvalue weighted by Crippen LogP contribution is 2.31. The molecule has 1 aromatic carbocycles. The van der Waals surface area contributed by atoms with Gasteiger partial charge in [-0.15, -0.1) is 0 Å². The van der Waals surface area contributed by atoms with Gasteiger partial charge in [0.2, 0.25) is 0 Å². The minimum absolute atomic E-state index is 0.217. The Morgan fingerprint density at radius 2 is 1.95 bits per heavy atom. The molecule has 0 aliphatic heterocycles. The number of hydrogen-bond acceptors (Lipinski definition) is 3. The largest absolute Gasteiger partial charge is 0.436 e. The number of alkyl halides is 3. The highest BCUT2D eigenvalue weighted by atomic mass is 19.4. The van der Waals surface area contributed by atoms with E-state index in [1.165, 1.54) is 13.1 Å². The van der Waals surface area contributed by atoms with Gasteiger partial charge in [0.15, 0.2) is 5.69 Å². The van der Waals surface area contributed by atoms with Crippen molar-refractivity contribution in [1.82, 2.24) is 9.78 Å². The summed E-state index contributed by atoms with van der Waals surface area (Å²) in [5.41, 5.74) is -1.21. The fourth-order valence-corrected chi connectivity index (χ4v) is 1.67. The van der Waals surface area contributed by atoms with E-state index in [0.717, 1.165) is 10.9 Å². The summed E-state index contributed by atoms with van der Waals surface area (Å²) in [7, 11) is 1.31. The van der Waals surface area contributed by atoms with Gasteiger partial charge < -0.3 is 4.74 Å². The standard InChI is InChI=1S/C13H11F3N2O2/c1-8-5-3-4-6-10(8)20-12(19)9-7-18(2)17-11(9)13(14,15)16/h3-7H,1-2H3. The lowest BCUT2D eigenvalue weighted by Gasteiger charge is -2.08. The summed E-state index contributed by atoms with van der Waals surface area (Å²) in [5, 5.41) is 3.26. The Hall–Kier alpha value is -2.31. The molecule has 0 radical (unpaired) electrons. The van der Waals surface area contributed by atoms with Crippen LogP contribution in [0.3, 0.4) is 0 Å². The normalized spacial score (nSPS) is 11.4. The Kier molecular flexibility index (Phi) is 3.52. The molecule has 0 aliphatic carbocycles. The molecule has 2 aromatic rings. The molecule has 0 saturated heterocycles. The maximum Gasteiger partial charge on any atom is 0.436 e. The first-order valence-electron chi connectivity index (χ1n) is 5.67. The molecule has 0 fully saturated rings. The van der Waals surface area contributed by atoms with Crippen LogP contribution in [0.1, 0.15) is 21.6 Å². The quantitative estimate of drug-likeness (QED) is 0.629. The Balaban J connectivity index is 2.33. The van der Waals surface area contributed by atoms with Gasteiger partial charge in [0.1, 0.15) is 11.3 Å². The third kappa shape index (κ3) is 2.81. The van der Waals surface area contributed by atoms with E-state index in [-0.39, 0.29) is 5.75 Å². The molecule has 0 aliphatic rings. The minimum atomic E-state index is -4.71. The van der Waals surface area contributed by atoms with Gasteiger partial charge >= 0.3 is 12.1 Å². The van der Waals surface area contributed by atoms with Gasteiger partial charge in [-0.1, -0.05) is 18.2 Å². The molecule has 1 heterocycles. The molecule has 2 rings (SSSR count). The molecule has 0 unspecified atom stereocenters. The zero-order valence-electron chi connectivity index (χ0n) is 10.7. The van der Waals surface area contributed by atoms with Crippen LogP contribution in [0, 0.1) is 6.92 Å². The van der Waals surface area contributed by atoms with Gasteiger partial charge in [-0.05, 0) is 18.6 Å². The van der Waals surface area contributed by atoms with E-state index < -0.39 is 23.4 Å². The van der Waals surface area contributed by atoms with Crippen molar-refractivity contribution in [3.8, 4) is 5.75 Å². The van der Waals surface area contributed by atoms with Crippen LogP contribution in [0.2, 0.25) is 0 Å². The minimum Gasteiger partial charge on any atom is -0.423 e. The van der Waals surface area contributed by atoms with Gasteiger partial charge in [-0.3, -0.25) is 4.68 Å². The predicted molar refractivity (Wildman–Crippen MR) is 64.3 cm³/mol. The third-order valence-electron chi connectivity index (χ3n) is 2.61. The molecule has 0 spiro atoms. The number of nitrogens with zero attached hydrogens (tertiary/aromatic N) is 2. The number of rotatable bonds is 2. The van der Waals surface area contributed by atoms with E-state index in [0.29, 0.717) is 5.56 Å². The summed E-state index contributed by atoms with van der Waals surface area (Å²) in [4.78, 5) is 11.9. The molecule has 0 N–H and O–H groups in total. The average Bonchev–Trinajstić information content (AvgIpc) is 2.74. The summed E-state index contributed by atoms with van der Waals surface area (Å²) in [6, 6.07) is 6.56. The van der Waals surface area contributed by atoms with Crippen molar-refractivity contribution >= 4 is 5.97 Å². The molecule has 4 nitrogen and oxygen atoms in total. The van der Waals surface area contributed by atoms with Crippen molar-refractivity contribution in [2.75, 3.05) is 0 Å². The van der Waals surface area contributed by atoms with Gasteiger partial charge in [-0.2, -0.15) is 18.3 Å². The number of para-hydroxylation sites is 1. The molecule has 20 heavy (non-hydrogen) atoms. The predicted octanol–water partition coefficient (Wildman–Crippen LogP) is 2.97. The topological polar surface area (TPSA) is 44.1 Å². The highest BCUT2D eigenvalue weighted by Gasteiger charge is 2.39. The van der Waals surface area contributed by atoms with Crippen LogP contribution in [0.25, 0.3) is 0 Å². The molecule has 0 saturated carbocycles. The van der Waals surface area contributed by atoms with Crippen molar-refractivity contribution in [3.63, 3.8) is 0 Å². The van der Waals surface area contributed by atoms with Gasteiger partial charge in [-0.25, -0.2) is 4.79 Å². The second-order valence-electron chi connectivity index (χ2n) is 4.22. The van der Waals surface area contributed by atoms with E-state index in [4.69, 9.17) is 4.74 Å². The zero-order chi connectivity index (χ0) is 14.9. The Bertz CT molecular complexity index is 647. The number of halogens is 3. The average molecular weight is 284 g/mol. The fraction of sp³-hybridized carbons (Fsp3) is 0.231. The molecule has 0 atom stereocenters. The second-order valence-corrected chi connectivity index (χ2v) is 4.22. The fourth-order valence-electron chi connectivity index (χ4n) is 1.67. The van der Waals surface area contributed by atoms with E-state index in [1.54, 1.807) is 25.1 Å². The molecule has 106 valence electrons. The van der Waals surface area contributed by atoms with E-state index in [2.05, 4.69) is 5.10 Å². The molecule has 1 aromatic heterocycles. The third-order valence-corrected chi connectivity index (χ3v) is 2.61. The number of carbonyl (C=O) groups is 1. The van der Waals surface area contributed by atoms with Crippen molar-refractivity contribution in [2.45, 2.75) is 13.1 Å². The van der Waals surface area contributed by atoms with Crippen LogP contribution in [0.5, 0.6) is 5.75 Å². The highest BCUT2D eigenvalue weighted by molar-refractivity contribution is 5.92. The van der Waals surface area contributed by atoms with Crippen molar-refractivity contribution in [1.29, 1.82) is 0 Å². The first kappa shape index (κ1) is 14.1. The number of aromatic nitrogens is 2. The molecule has 0 bridgehead atoms. The second kappa shape index (κ2) is 4.99. The molecule has 0 amide bonds. The smallest absolute Gasteiger partial charge is 0.423 e. The number of esters is 1. The summed E-state index contributed by atoms with van der Waals surface area (Å²) >= 11 is 0. The molecular weight excluding hydrogens is 273 g/mol. The van der Waals surface area contributed by atoms with Gasteiger partial charge in [0.25, 0.3) is 0 Å². The van der Waals surface area contributed by atoms with Crippen LogP contribution in [0.4, 0.5) is 13.2 Å². The Labute approximate surface area is 112 Å². The first-order chi connectivity index (χ1) is 9.29. The zero-order valence-corrected chi connectivity index (χ0v) is 10.7. The number of benzene rings is 1. The number of ether oxygens (including phenoxy) is 1. The lowest BCUT2D eigenvalue weighted by Crippen LogP contribution is -2.16. The van der Waals surface area contributed by atoms with Crippen molar-refractivity contribution in [3.05, 3.63) is 47.3 Å². The lowest BCUT2D eigenvalue weighted by atomic mass is 10.2. The number of hydrogen-bond donors (Lipinski definition) is 0. The summed E-state index contributed by atoms with van der Waals surface area (Å²) in [6.45, 7) is 1.69. The first-order valence-corrected chi connectivity index (χ1v) is 5.67. The summed E-state index contributed by atoms with van der Waals surface area (Å²) in [6.07, 6.45) is -3.72. The van der Waals surface area contributed by atoms with Crippen LogP contribution in [-0.4, -0.2) is 15.7 Å². The number of aryl methyl sites for hydroxylation is 2. The van der Waals surface area contributed by atoms with Crippen LogP contribution < -0.4 is 4.74 Å². The van der Waals surface area contributed by atoms with Crippen LogP contribution >= 0.6 is 0 Å². The monoisotopic (exact) mass is 284 g/mol. The van der Waals surface area contributed by atoms with Crippen molar-refractivity contribution in [2.24, 2.45) is 7.05 Å². The SMILES string of the molecule is Cc1ccccc1OC(=O)c1cn(C)nc1C(F)(F)F. The summed E-state index contributed by atoms with van der Waals surface area (Å²) in [5.74, 6) is -0.866. The Morgan fingerprint density at radius 3 is 2.55 bits per heavy atom. The van der Waals surface area contributed by atoms with Crippen molar-refractivity contribution < 1.29 is 22.7 Å². The van der Waals surface area contributed by atoms with E-state index in [1.807, 2.05) is 0 Å².